The second kappa shape index (κ2) is 11.3. The number of likely N-dealkylation sites (tertiary alicyclic amines) is 1. The molecular weight excluding hydrogens is 491 g/mol. The van der Waals surface area contributed by atoms with Crippen LogP contribution in [0.25, 0.3) is 5.76 Å². The van der Waals surface area contributed by atoms with Crippen LogP contribution in [0, 0.1) is 0 Å². The van der Waals surface area contributed by atoms with Gasteiger partial charge in [0.2, 0.25) is 0 Å². The van der Waals surface area contributed by atoms with Gasteiger partial charge >= 0.3 is 0 Å². The van der Waals surface area contributed by atoms with Crippen LogP contribution >= 0.6 is 23.2 Å². The summed E-state index contributed by atoms with van der Waals surface area (Å²) in [5, 5.41) is 11.9. The molecule has 2 fully saturated rings. The molecule has 0 aromatic heterocycles. The Labute approximate surface area is 214 Å². The van der Waals surface area contributed by atoms with E-state index in [1.807, 2.05) is 0 Å². The molecule has 1 unspecified atom stereocenters. The highest BCUT2D eigenvalue weighted by molar-refractivity contribution is 6.47. The Morgan fingerprint density at radius 3 is 2.49 bits per heavy atom. The number of benzene rings is 2. The lowest BCUT2D eigenvalue weighted by Gasteiger charge is -2.31. The van der Waals surface area contributed by atoms with Crippen molar-refractivity contribution in [1.29, 1.82) is 0 Å². The number of halogens is 2. The van der Waals surface area contributed by atoms with Crippen molar-refractivity contribution in [2.75, 3.05) is 46.0 Å². The van der Waals surface area contributed by atoms with E-state index in [1.54, 1.807) is 48.5 Å². The van der Waals surface area contributed by atoms with Crippen molar-refractivity contribution < 1.29 is 24.2 Å². The van der Waals surface area contributed by atoms with Crippen LogP contribution in [0.1, 0.15) is 17.2 Å². The number of ether oxygens (including phenoxy) is 2. The van der Waals surface area contributed by atoms with E-state index in [0.717, 1.165) is 13.1 Å². The quantitative estimate of drug-likeness (QED) is 0.243. The monoisotopic (exact) mass is 516 g/mol. The van der Waals surface area contributed by atoms with Crippen LogP contribution in [0.3, 0.4) is 0 Å². The molecule has 7 nitrogen and oxygen atoms in total. The lowest BCUT2D eigenvalue weighted by atomic mass is 9.95. The Hall–Kier alpha value is -2.84. The van der Waals surface area contributed by atoms with E-state index in [4.69, 9.17) is 32.7 Å². The normalized spacial score (nSPS) is 20.3. The Kier molecular flexibility index (Phi) is 8.13. The zero-order chi connectivity index (χ0) is 24.9. The predicted molar refractivity (Wildman–Crippen MR) is 135 cm³/mol. The molecule has 2 aromatic carbocycles. The summed E-state index contributed by atoms with van der Waals surface area (Å²) < 4.78 is 10.9. The van der Waals surface area contributed by atoms with E-state index in [0.29, 0.717) is 59.8 Å². The highest BCUT2D eigenvalue weighted by Gasteiger charge is 2.46. The number of amides is 1. The number of rotatable bonds is 8. The molecule has 0 radical (unpaired) electrons. The van der Waals surface area contributed by atoms with Gasteiger partial charge in [0, 0.05) is 41.8 Å². The fourth-order valence-electron chi connectivity index (χ4n) is 4.25. The number of carbonyl (C=O) groups is 2. The molecule has 1 N–H and O–H groups in total. The summed E-state index contributed by atoms with van der Waals surface area (Å²) in [7, 11) is 0. The third-order valence-electron chi connectivity index (χ3n) is 6.05. The SMILES string of the molecule is C=CCOc1ccc(/C(O)=C2\C(=O)C(=O)N(CCN3CCOCC3)C2c2ccc(Cl)cc2Cl)cc1. The molecule has 9 heteroatoms. The molecular formula is C26H26Cl2N2O5. The minimum atomic E-state index is -0.850. The third-order valence-corrected chi connectivity index (χ3v) is 6.62. The Balaban J connectivity index is 1.72. The van der Waals surface area contributed by atoms with E-state index in [1.165, 1.54) is 4.90 Å². The van der Waals surface area contributed by atoms with E-state index in [-0.39, 0.29) is 11.3 Å². The van der Waals surface area contributed by atoms with Gasteiger partial charge in [-0.05, 0) is 42.0 Å². The molecule has 35 heavy (non-hydrogen) atoms. The molecule has 2 heterocycles. The number of aliphatic hydroxyl groups excluding tert-OH is 1. The third kappa shape index (κ3) is 5.54. The van der Waals surface area contributed by atoms with Crippen LogP contribution in [-0.4, -0.2) is 72.6 Å². The van der Waals surface area contributed by atoms with Crippen molar-refractivity contribution in [2.45, 2.75) is 6.04 Å². The number of aliphatic hydroxyl groups is 1. The summed E-state index contributed by atoms with van der Waals surface area (Å²) in [5.41, 5.74) is 0.892. The molecule has 184 valence electrons. The summed E-state index contributed by atoms with van der Waals surface area (Å²) >= 11 is 12.6. The minimum absolute atomic E-state index is 0.0130. The Bertz CT molecular complexity index is 1140. The number of Topliss-reactive ketones (excluding diaryl/α,β-unsaturated/α-hetero) is 1. The molecule has 0 spiro atoms. The summed E-state index contributed by atoms with van der Waals surface area (Å²) in [6.45, 7) is 7.55. The zero-order valence-corrected chi connectivity index (χ0v) is 20.6. The van der Waals surface area contributed by atoms with Crippen molar-refractivity contribution in [1.82, 2.24) is 9.80 Å². The summed E-state index contributed by atoms with van der Waals surface area (Å²) in [6.07, 6.45) is 1.63. The van der Waals surface area contributed by atoms with Gasteiger partial charge in [-0.15, -0.1) is 0 Å². The first-order valence-electron chi connectivity index (χ1n) is 11.3. The van der Waals surface area contributed by atoms with Crippen molar-refractivity contribution in [3.63, 3.8) is 0 Å². The summed E-state index contributed by atoms with van der Waals surface area (Å²) in [4.78, 5) is 30.0. The lowest BCUT2D eigenvalue weighted by molar-refractivity contribution is -0.140. The molecule has 0 aliphatic carbocycles. The average Bonchev–Trinajstić information content (AvgIpc) is 3.11. The van der Waals surface area contributed by atoms with Crippen LogP contribution in [-0.2, 0) is 14.3 Å². The topological polar surface area (TPSA) is 79.3 Å². The second-order valence-corrected chi connectivity index (χ2v) is 9.08. The van der Waals surface area contributed by atoms with Gasteiger partial charge in [-0.2, -0.15) is 0 Å². The highest BCUT2D eigenvalue weighted by atomic mass is 35.5. The van der Waals surface area contributed by atoms with Gasteiger partial charge in [0.15, 0.2) is 0 Å². The number of morpholine rings is 1. The molecule has 2 saturated heterocycles. The van der Waals surface area contributed by atoms with Crippen molar-refractivity contribution in [3.05, 3.63) is 81.9 Å². The maximum absolute atomic E-state index is 13.2. The van der Waals surface area contributed by atoms with Gasteiger partial charge in [-0.1, -0.05) is 41.9 Å². The fraction of sp³-hybridized carbons (Fsp3) is 0.308. The smallest absolute Gasteiger partial charge is 0.295 e. The lowest BCUT2D eigenvalue weighted by Crippen LogP contribution is -2.42. The first kappa shape index (κ1) is 25.3. The van der Waals surface area contributed by atoms with Crippen LogP contribution in [0.4, 0.5) is 0 Å². The van der Waals surface area contributed by atoms with Gasteiger partial charge in [-0.25, -0.2) is 0 Å². The second-order valence-electron chi connectivity index (χ2n) is 8.24. The van der Waals surface area contributed by atoms with Gasteiger partial charge in [0.25, 0.3) is 11.7 Å². The standard InChI is InChI=1S/C26H26Cl2N2O5/c1-2-13-35-19-6-3-17(4-7-19)24(31)22-23(20-8-5-18(27)16-21(20)28)30(26(33)25(22)32)10-9-29-11-14-34-15-12-29/h2-8,16,23,31H,1,9-15H2/b24-22+. The van der Waals surface area contributed by atoms with Crippen LogP contribution in [0.2, 0.25) is 10.0 Å². The van der Waals surface area contributed by atoms with E-state index in [2.05, 4.69) is 11.5 Å². The predicted octanol–water partition coefficient (Wildman–Crippen LogP) is 4.31. The van der Waals surface area contributed by atoms with Gasteiger partial charge < -0.3 is 19.5 Å². The molecule has 2 aliphatic rings. The fourth-order valence-corrected chi connectivity index (χ4v) is 4.76. The van der Waals surface area contributed by atoms with E-state index in [9.17, 15) is 14.7 Å². The largest absolute Gasteiger partial charge is 0.507 e. The number of carbonyl (C=O) groups excluding carboxylic acids is 2. The molecule has 2 aromatic rings. The van der Waals surface area contributed by atoms with Crippen LogP contribution < -0.4 is 4.74 Å². The maximum atomic E-state index is 13.2. The maximum Gasteiger partial charge on any atom is 0.295 e. The Morgan fingerprint density at radius 2 is 1.83 bits per heavy atom. The average molecular weight is 517 g/mol. The number of ketones is 1. The molecule has 1 amide bonds. The van der Waals surface area contributed by atoms with Crippen molar-refractivity contribution in [2.24, 2.45) is 0 Å². The molecule has 2 aliphatic heterocycles. The summed E-state index contributed by atoms with van der Waals surface area (Å²) in [6, 6.07) is 10.7. The Morgan fingerprint density at radius 1 is 1.11 bits per heavy atom. The molecule has 0 bridgehead atoms. The van der Waals surface area contributed by atoms with Crippen molar-refractivity contribution in [3.8, 4) is 5.75 Å². The molecule has 4 rings (SSSR count). The minimum Gasteiger partial charge on any atom is -0.507 e. The van der Waals surface area contributed by atoms with Gasteiger partial charge in [0.05, 0.1) is 24.8 Å². The zero-order valence-electron chi connectivity index (χ0n) is 19.1. The van der Waals surface area contributed by atoms with Gasteiger partial charge in [0.1, 0.15) is 18.1 Å². The van der Waals surface area contributed by atoms with Gasteiger partial charge in [-0.3, -0.25) is 14.5 Å². The van der Waals surface area contributed by atoms with E-state index < -0.39 is 17.7 Å². The van der Waals surface area contributed by atoms with Crippen molar-refractivity contribution >= 4 is 40.7 Å². The van der Waals surface area contributed by atoms with Crippen LogP contribution in [0.15, 0.2) is 60.7 Å². The molecule has 1 atom stereocenters. The first-order chi connectivity index (χ1) is 16.9. The number of hydrogen-bond donors (Lipinski definition) is 1. The van der Waals surface area contributed by atoms with E-state index >= 15 is 0 Å². The summed E-state index contributed by atoms with van der Waals surface area (Å²) in [5.74, 6) is -1.12. The van der Waals surface area contributed by atoms with Crippen LogP contribution in [0.5, 0.6) is 5.75 Å². The number of hydrogen-bond acceptors (Lipinski definition) is 6. The number of nitrogens with zero attached hydrogens (tertiary/aromatic N) is 2. The highest BCUT2D eigenvalue weighted by Crippen LogP contribution is 2.42. The first-order valence-corrected chi connectivity index (χ1v) is 12.0. The molecule has 0 saturated carbocycles.